The van der Waals surface area contributed by atoms with Crippen LogP contribution in [0.3, 0.4) is 0 Å². The Balaban J connectivity index is 1.28. The van der Waals surface area contributed by atoms with E-state index in [2.05, 4.69) is 22.2 Å². The van der Waals surface area contributed by atoms with Crippen LogP contribution >= 0.6 is 23.2 Å². The van der Waals surface area contributed by atoms with Gasteiger partial charge >= 0.3 is 0 Å². The highest BCUT2D eigenvalue weighted by Gasteiger charge is 2.42. The van der Waals surface area contributed by atoms with Crippen molar-refractivity contribution in [3.05, 3.63) is 68.9 Å². The molecular formula is C28H27Cl2N3O2. The van der Waals surface area contributed by atoms with Crippen molar-refractivity contribution in [2.24, 2.45) is 0 Å². The fourth-order valence-corrected chi connectivity index (χ4v) is 6.22. The van der Waals surface area contributed by atoms with Gasteiger partial charge in [0.05, 0.1) is 37.1 Å². The maximum atomic E-state index is 9.30. The first-order valence-electron chi connectivity index (χ1n) is 13.2. The summed E-state index contributed by atoms with van der Waals surface area (Å²) in [5.74, 6) is 0.665. The molecule has 0 radical (unpaired) electrons. The number of piperidine rings is 1. The van der Waals surface area contributed by atoms with Gasteiger partial charge in [-0.15, -0.1) is 0 Å². The van der Waals surface area contributed by atoms with Crippen LogP contribution < -0.4 is 4.90 Å². The van der Waals surface area contributed by atoms with Gasteiger partial charge in [0.1, 0.15) is 11.5 Å². The lowest BCUT2D eigenvalue weighted by molar-refractivity contribution is 0.0147. The summed E-state index contributed by atoms with van der Waals surface area (Å²) < 4.78 is 30.1. The summed E-state index contributed by atoms with van der Waals surface area (Å²) >= 11 is 13.0. The third kappa shape index (κ3) is 4.22. The first kappa shape index (κ1) is 20.7. The number of rotatable bonds is 6. The number of aryl methyl sites for hydroxylation is 1. The fraction of sp³-hybridized carbons (Fsp3) is 0.429. The van der Waals surface area contributed by atoms with Crippen LogP contribution in [0.15, 0.2) is 40.9 Å². The third-order valence-electron chi connectivity index (χ3n) is 7.51. The molecule has 7 heteroatoms. The maximum absolute atomic E-state index is 9.30. The van der Waals surface area contributed by atoms with E-state index in [1.807, 2.05) is 19.1 Å². The number of ether oxygens (including phenoxy) is 1. The summed E-state index contributed by atoms with van der Waals surface area (Å²) in [6, 6.07) is 13.9. The first-order valence-corrected chi connectivity index (χ1v) is 12.9. The van der Waals surface area contributed by atoms with Crippen LogP contribution in [0.1, 0.15) is 69.6 Å². The molecule has 3 fully saturated rings. The Kier molecular flexibility index (Phi) is 5.41. The molecule has 2 aliphatic heterocycles. The van der Waals surface area contributed by atoms with Gasteiger partial charge < -0.3 is 14.2 Å². The summed E-state index contributed by atoms with van der Waals surface area (Å²) in [7, 11) is 0. The summed E-state index contributed by atoms with van der Waals surface area (Å²) in [6.07, 6.45) is 5.13. The van der Waals surface area contributed by atoms with Crippen molar-refractivity contribution in [2.75, 3.05) is 4.90 Å². The lowest BCUT2D eigenvalue weighted by Gasteiger charge is -2.40. The second kappa shape index (κ2) is 9.17. The van der Waals surface area contributed by atoms with E-state index in [0.717, 1.165) is 49.8 Å². The van der Waals surface area contributed by atoms with Gasteiger partial charge in [-0.1, -0.05) is 34.4 Å². The molecule has 1 aromatic heterocycles. The molecule has 3 aliphatic rings. The number of hydrogen-bond acceptors (Lipinski definition) is 5. The smallest absolute Gasteiger partial charge is 0.145 e. The zero-order valence-corrected chi connectivity index (χ0v) is 20.9. The van der Waals surface area contributed by atoms with E-state index < -0.39 is 6.56 Å². The quantitative estimate of drug-likeness (QED) is 0.345. The number of anilines is 1. The summed E-state index contributed by atoms with van der Waals surface area (Å²) in [6.45, 7) is -0.152. The van der Waals surface area contributed by atoms with Gasteiger partial charge in [-0.3, -0.25) is 0 Å². The predicted octanol–water partition coefficient (Wildman–Crippen LogP) is 7.42. The Morgan fingerprint density at radius 2 is 1.86 bits per heavy atom. The van der Waals surface area contributed by atoms with Crippen molar-refractivity contribution in [3.63, 3.8) is 0 Å². The SMILES string of the molecule is [2H]C([2H])(OC1C[C@H]2CC[C@@H](C1)N2c1ccc(C#N)c(C)c1)c1c(-c2c(Cl)cccc2Cl)noc1C1CC1. The number of nitrogens with zero attached hydrogens (tertiary/aromatic N) is 3. The van der Waals surface area contributed by atoms with Crippen LogP contribution in [0, 0.1) is 18.3 Å². The first-order chi connectivity index (χ1) is 17.8. The summed E-state index contributed by atoms with van der Waals surface area (Å²) in [5, 5.41) is 14.3. The molecule has 0 spiro atoms. The van der Waals surface area contributed by atoms with Crippen LogP contribution in [-0.2, 0) is 11.3 Å². The molecular weight excluding hydrogens is 481 g/mol. The Labute approximate surface area is 218 Å². The van der Waals surface area contributed by atoms with Gasteiger partial charge in [-0.25, -0.2) is 0 Å². The zero-order chi connectivity index (χ0) is 25.9. The third-order valence-corrected chi connectivity index (χ3v) is 8.14. The van der Waals surface area contributed by atoms with Gasteiger partial charge in [0.25, 0.3) is 0 Å². The predicted molar refractivity (Wildman–Crippen MR) is 137 cm³/mol. The van der Waals surface area contributed by atoms with E-state index >= 15 is 0 Å². The molecule has 3 heterocycles. The van der Waals surface area contributed by atoms with E-state index in [4.69, 9.17) is 35.2 Å². The molecule has 35 heavy (non-hydrogen) atoms. The van der Waals surface area contributed by atoms with Gasteiger partial charge in [0.2, 0.25) is 0 Å². The van der Waals surface area contributed by atoms with Crippen molar-refractivity contribution < 1.29 is 12.0 Å². The molecule has 0 N–H and O–H groups in total. The highest BCUT2D eigenvalue weighted by atomic mass is 35.5. The van der Waals surface area contributed by atoms with Gasteiger partial charge in [-0.2, -0.15) is 5.26 Å². The largest absolute Gasteiger partial charge is 0.373 e. The topological polar surface area (TPSA) is 62.3 Å². The standard InChI is InChI=1S/C28H27Cl2N3O2/c1-16-11-19(8-7-18(16)14-31)33-20-9-10-21(33)13-22(12-20)34-15-23-27(32-35-28(23)17-5-6-17)26-24(29)3-2-4-25(26)30/h2-4,7-8,11,17,20-22H,5-6,9-10,12-13,15H2,1H3/t20-,21+,22?/i15D2. The number of aromatic nitrogens is 1. The molecule has 0 amide bonds. The minimum Gasteiger partial charge on any atom is -0.373 e. The van der Waals surface area contributed by atoms with Crippen molar-refractivity contribution in [3.8, 4) is 17.3 Å². The average molecular weight is 510 g/mol. The highest BCUT2D eigenvalue weighted by molar-refractivity contribution is 6.39. The molecule has 1 unspecified atom stereocenters. The second-order valence-corrected chi connectivity index (χ2v) is 10.7. The Hall–Kier alpha value is -2.52. The van der Waals surface area contributed by atoms with Gasteiger partial charge in [0, 0.05) is 34.8 Å². The average Bonchev–Trinajstić information content (AvgIpc) is 3.54. The van der Waals surface area contributed by atoms with Gasteiger partial charge in [-0.05, 0) is 81.3 Å². The molecule has 180 valence electrons. The Morgan fingerprint density at radius 3 is 2.49 bits per heavy atom. The van der Waals surface area contributed by atoms with Crippen LogP contribution in [0.4, 0.5) is 5.69 Å². The summed E-state index contributed by atoms with van der Waals surface area (Å²) in [4.78, 5) is 2.44. The van der Waals surface area contributed by atoms with Crippen molar-refractivity contribution >= 4 is 28.9 Å². The maximum Gasteiger partial charge on any atom is 0.145 e. The summed E-state index contributed by atoms with van der Waals surface area (Å²) in [5.41, 5.74) is 3.88. The Bertz CT molecular complexity index is 1360. The van der Waals surface area contributed by atoms with E-state index in [0.29, 0.717) is 38.2 Å². The van der Waals surface area contributed by atoms with Crippen LogP contribution in [0.5, 0.6) is 0 Å². The zero-order valence-electron chi connectivity index (χ0n) is 21.4. The molecule has 2 bridgehead atoms. The number of benzene rings is 2. The van der Waals surface area contributed by atoms with Crippen LogP contribution in [0.2, 0.25) is 10.0 Å². The number of nitriles is 1. The lowest BCUT2D eigenvalue weighted by Crippen LogP contribution is -2.45. The highest BCUT2D eigenvalue weighted by Crippen LogP contribution is 2.47. The monoisotopic (exact) mass is 509 g/mol. The van der Waals surface area contributed by atoms with E-state index in [-0.39, 0.29) is 24.1 Å². The molecule has 2 aromatic carbocycles. The number of halogens is 2. The fourth-order valence-electron chi connectivity index (χ4n) is 5.64. The van der Waals surface area contributed by atoms with E-state index in [9.17, 15) is 5.26 Å². The number of hydrogen-bond donors (Lipinski definition) is 0. The van der Waals surface area contributed by atoms with Crippen molar-refractivity contribution in [2.45, 2.75) is 76.1 Å². The molecule has 2 saturated heterocycles. The molecule has 3 atom stereocenters. The van der Waals surface area contributed by atoms with E-state index in [1.54, 1.807) is 18.2 Å². The lowest BCUT2D eigenvalue weighted by atomic mass is 9.97. The normalized spacial score (nSPS) is 24.7. The minimum absolute atomic E-state index is 0.133. The molecule has 1 aliphatic carbocycles. The van der Waals surface area contributed by atoms with Gasteiger partial charge in [0.15, 0.2) is 0 Å². The Morgan fingerprint density at radius 1 is 1.14 bits per heavy atom. The molecule has 1 saturated carbocycles. The molecule has 6 rings (SSSR count). The van der Waals surface area contributed by atoms with Crippen molar-refractivity contribution in [1.82, 2.24) is 5.16 Å². The van der Waals surface area contributed by atoms with Crippen LogP contribution in [-0.4, -0.2) is 23.3 Å². The number of fused-ring (bicyclic) bond motifs is 2. The minimum atomic E-state index is -2.12. The van der Waals surface area contributed by atoms with Crippen LogP contribution in [0.25, 0.3) is 11.3 Å². The second-order valence-electron chi connectivity index (χ2n) is 9.86. The molecule has 5 nitrogen and oxygen atoms in total. The molecule has 3 aromatic rings. The van der Waals surface area contributed by atoms with Crippen molar-refractivity contribution in [1.29, 1.82) is 5.26 Å². The van der Waals surface area contributed by atoms with E-state index in [1.165, 1.54) is 0 Å².